The van der Waals surface area contributed by atoms with Gasteiger partial charge in [-0.2, -0.15) is 0 Å². The fraction of sp³-hybridized carbons (Fsp3) is 0.268. The Morgan fingerprint density at radius 3 is 0.593 bits per heavy atom. The zero-order valence-corrected chi connectivity index (χ0v) is 75.6. The van der Waals surface area contributed by atoms with Crippen LogP contribution in [0, 0.1) is 0 Å². The Bertz CT molecular complexity index is 3350. The van der Waals surface area contributed by atoms with E-state index >= 15 is 0 Å². The molecule has 614 valence electrons. The summed E-state index contributed by atoms with van der Waals surface area (Å²) in [6, 6.07) is 103. The number of hydrogen-bond acceptors (Lipinski definition) is 2. The Hall–Kier alpha value is -4.86. The van der Waals surface area contributed by atoms with E-state index in [1.807, 2.05) is 162 Å². The minimum Gasteiger partial charge on any atom is -0.0899 e. The van der Waals surface area contributed by atoms with Crippen molar-refractivity contribution in [1.29, 1.82) is 0 Å². The van der Waals surface area contributed by atoms with Gasteiger partial charge in [-0.25, -0.2) is 0 Å². The second-order valence-electron chi connectivity index (χ2n) is 16.6. The average Bonchev–Trinajstić information content (AvgIpc) is 0.803. The molecule has 0 bridgehead atoms. The first-order valence-corrected chi connectivity index (χ1v) is 53.8. The van der Waals surface area contributed by atoms with E-state index in [2.05, 4.69) is 285 Å². The maximum Gasteiger partial charge on any atom is 0.180 e. The van der Waals surface area contributed by atoms with Crippen LogP contribution in [0.25, 0.3) is 0 Å². The first-order valence-electron chi connectivity index (χ1n) is 34.0. The largest absolute Gasteiger partial charge is 0.180 e. The van der Waals surface area contributed by atoms with Crippen molar-refractivity contribution >= 4 is 117 Å². The quantitative estimate of drug-likeness (QED) is 0.0641. The minimum atomic E-state index is -9.19. The Morgan fingerprint density at radius 2 is 0.361 bits per heavy atom. The third-order valence-corrected chi connectivity index (χ3v) is 19.1. The van der Waals surface area contributed by atoms with Gasteiger partial charge in [0, 0.05) is 26.8 Å². The normalized spacial score (nSPS) is 10.4. The molecule has 0 saturated heterocycles. The molecule has 0 atom stereocenters. The first kappa shape index (κ1) is 124. The van der Waals surface area contributed by atoms with Gasteiger partial charge in [0.1, 0.15) is 10.9 Å². The maximum atomic E-state index is 9.91. The molecule has 0 heterocycles. The topological polar surface area (TPSA) is 0 Å². The molecule has 0 aromatic heterocycles. The zero-order chi connectivity index (χ0) is 80.2. The summed E-state index contributed by atoms with van der Waals surface area (Å²) in [5.41, 5.74) is 0. The maximum absolute atomic E-state index is 9.91. The summed E-state index contributed by atoms with van der Waals surface area (Å²) >= 11 is -23.9. The fourth-order valence-corrected chi connectivity index (χ4v) is 16.0. The second kappa shape index (κ2) is 70.0. The van der Waals surface area contributed by atoms with Gasteiger partial charge >= 0.3 is 103 Å². The molecule has 0 amide bonds. The Morgan fingerprint density at radius 1 is 0.194 bits per heavy atom. The van der Waals surface area contributed by atoms with Gasteiger partial charge in [0.15, 0.2) is 44.1 Å². The summed E-state index contributed by atoms with van der Waals surface area (Å²) in [5, 5.41) is 0. The van der Waals surface area contributed by atoms with Crippen molar-refractivity contribution in [3.63, 3.8) is 0 Å². The van der Waals surface area contributed by atoms with E-state index in [4.69, 9.17) is 0 Å². The molecule has 0 aliphatic rings. The van der Waals surface area contributed by atoms with Crippen LogP contribution in [0.15, 0.2) is 349 Å². The van der Waals surface area contributed by atoms with Gasteiger partial charge in [0.25, 0.3) is 0 Å². The van der Waals surface area contributed by atoms with Gasteiger partial charge in [-0.15, -0.1) is 0 Å². The van der Waals surface area contributed by atoms with Crippen LogP contribution in [-0.4, -0.2) is 60.9 Å². The average molecular weight is 1970 g/mol. The molecule has 0 aliphatic heterocycles. The van der Waals surface area contributed by atoms with E-state index in [0.717, 1.165) is 0 Å². The van der Waals surface area contributed by atoms with Gasteiger partial charge in [-0.3, -0.25) is 0 Å². The summed E-state index contributed by atoms with van der Waals surface area (Å²) in [6.45, 7) is 40.0. The molecule has 0 aliphatic carbocycles. The second-order valence-corrected chi connectivity index (χ2v) is 35.9. The summed E-state index contributed by atoms with van der Waals surface area (Å²) in [4.78, 5) is 17.2. The summed E-state index contributed by atoms with van der Waals surface area (Å²) in [7, 11) is -0.457. The Kier molecular flexibility index (Phi) is 80.4. The van der Waals surface area contributed by atoms with Gasteiger partial charge in [-0.1, -0.05) is 329 Å². The minimum absolute atomic E-state index is 0. The SMILES string of the molecule is C.C.CC.CC.CC.CC.CC.CC.CC.CC.CC.CC.[F-].[F-].[F-].[F][Sb]([F])([F])([F])[F].[F][Sb]([F])([F])([F])[F].[F][Sb]([F])([F])([F])[F].c1ccc(Sc2cccc([S+](c3ccccc3)c3ccccc3)c2)cc1.c1ccc([S+](c2ccccc2)c2cccc(Sc3ccccc3[S+](c3ccccc3)c3ccccc3)c2)cc1. The molecule has 108 heavy (non-hydrogen) atoms. The molecule has 10 aromatic carbocycles. The first-order chi connectivity index (χ1) is 49.0. The van der Waals surface area contributed by atoms with Crippen molar-refractivity contribution in [2.45, 2.75) is 217 Å². The Labute approximate surface area is 669 Å². The smallest absolute Gasteiger partial charge is 0.0899 e. The van der Waals surface area contributed by atoms with Crippen LogP contribution in [0.3, 0.4) is 0 Å². The van der Waals surface area contributed by atoms with E-state index in [0.29, 0.717) is 0 Å². The predicted octanol–water partition coefficient (Wildman–Crippen LogP) is 24.7. The van der Waals surface area contributed by atoms with Gasteiger partial charge in [0.05, 0.1) is 26.7 Å². The van der Waals surface area contributed by atoms with Crippen LogP contribution < -0.4 is 14.1 Å². The van der Waals surface area contributed by atoms with Crippen LogP contribution in [0.2, 0.25) is 0 Å². The van der Waals surface area contributed by atoms with Crippen LogP contribution in [0.4, 0.5) is 42.2 Å². The van der Waals surface area contributed by atoms with Gasteiger partial charge in [-0.05, 0) is 121 Å². The molecule has 0 radical (unpaired) electrons. The van der Waals surface area contributed by atoms with Crippen molar-refractivity contribution in [2.24, 2.45) is 0 Å². The van der Waals surface area contributed by atoms with Crippen molar-refractivity contribution < 1.29 is 56.3 Å². The van der Waals surface area contributed by atoms with E-state index < -0.39 is 60.9 Å². The Balaban J connectivity index is -0.000000151. The molecular formula is C82H115F18S5Sb3. The zero-order valence-electron chi connectivity index (χ0n) is 63.8. The van der Waals surface area contributed by atoms with E-state index in [1.54, 1.807) is 0 Å². The molecule has 10 aromatic rings. The van der Waals surface area contributed by atoms with Crippen molar-refractivity contribution in [1.82, 2.24) is 0 Å². The predicted molar refractivity (Wildman–Crippen MR) is 440 cm³/mol. The van der Waals surface area contributed by atoms with Gasteiger partial charge < -0.3 is 14.1 Å². The van der Waals surface area contributed by atoms with Crippen LogP contribution in [-0.2, 0) is 32.7 Å². The van der Waals surface area contributed by atoms with Gasteiger partial charge in [0.2, 0.25) is 0 Å². The number of rotatable bonds is 13. The summed E-state index contributed by atoms with van der Waals surface area (Å²) < 4.78 is 149. The third kappa shape index (κ3) is 63.7. The van der Waals surface area contributed by atoms with Crippen LogP contribution in [0.1, 0.15) is 153 Å². The van der Waals surface area contributed by atoms with E-state index in [1.165, 1.54) is 63.6 Å². The molecule has 26 heteroatoms. The van der Waals surface area contributed by atoms with E-state index in [9.17, 15) is 42.2 Å². The number of benzene rings is 10. The van der Waals surface area contributed by atoms with Crippen LogP contribution in [0.5, 0.6) is 0 Å². The molecule has 0 spiro atoms. The molecule has 0 fully saturated rings. The summed E-state index contributed by atoms with van der Waals surface area (Å²) in [5.74, 6) is 0. The summed E-state index contributed by atoms with van der Waals surface area (Å²) in [6.07, 6.45) is 0. The van der Waals surface area contributed by atoms with Crippen molar-refractivity contribution in [3.05, 3.63) is 285 Å². The standard InChI is InChI=1S/C36H28S3.C24H19S2.10C2H6.2CH4.18FH.3Sb/c1-5-17-30(18-6-1)38(31-19-7-2-8-20-31)34-25-15-16-29(28-34)37-35-26-13-14-27-36(35)39(32-21-9-3-10-22-32)33-23-11-4-12-24-33;1-4-11-20(12-5-1)25-21-13-10-18-24(19-21)26(22-14-6-2-7-15-22)23-16-8-3-9-17-23;10*1-2;;;;;;;;;;;;;;;;;;;;;;;/h1-28H;1-19H;10*1-2H3;2*1H4;18*1H;;;/q+2;+1;;;;;;;;;;;;;;;;;;;;;;;;;;;;;;;3*+5/p-18. The molecule has 10 rings (SSSR count). The molecule has 0 N–H and O–H groups in total. The molecular weight excluding hydrogens is 1850 g/mol. The number of hydrogen-bond donors (Lipinski definition) is 0. The number of halogens is 18. The fourth-order valence-electron chi connectivity index (χ4n) is 7.33. The third-order valence-electron chi connectivity index (χ3n) is 10.2. The molecule has 0 saturated carbocycles. The van der Waals surface area contributed by atoms with Crippen molar-refractivity contribution in [2.75, 3.05) is 0 Å². The van der Waals surface area contributed by atoms with Crippen LogP contribution >= 0.6 is 23.5 Å². The molecule has 0 nitrogen and oxygen atoms in total. The van der Waals surface area contributed by atoms with E-state index in [-0.39, 0.29) is 61.7 Å². The monoisotopic (exact) mass is 1960 g/mol. The molecule has 0 unspecified atom stereocenters. The van der Waals surface area contributed by atoms with Crippen molar-refractivity contribution in [3.8, 4) is 0 Å².